The molecule has 2 atom stereocenters. The number of rotatable bonds is 5. The number of nitrogens with zero attached hydrogens (tertiary/aromatic N) is 3. The molecular weight excluding hydrogens is 286 g/mol. The fourth-order valence-electron chi connectivity index (χ4n) is 3.34. The number of hydrogen-bond acceptors (Lipinski definition) is 4. The fourth-order valence-corrected chi connectivity index (χ4v) is 4.43. The van der Waals surface area contributed by atoms with E-state index < -0.39 is 5.97 Å². The topological polar surface area (TPSA) is 58.4 Å². The average molecular weight is 311 g/mol. The van der Waals surface area contributed by atoms with E-state index in [1.165, 1.54) is 11.3 Å². The van der Waals surface area contributed by atoms with E-state index in [4.69, 9.17) is 5.11 Å². The van der Waals surface area contributed by atoms with Crippen LogP contribution in [-0.2, 0) is 11.3 Å². The van der Waals surface area contributed by atoms with Crippen LogP contribution in [0.25, 0.3) is 0 Å². The van der Waals surface area contributed by atoms with Gasteiger partial charge < -0.3 is 5.11 Å². The first kappa shape index (κ1) is 16.4. The van der Waals surface area contributed by atoms with Gasteiger partial charge in [-0.3, -0.25) is 14.4 Å². The van der Waals surface area contributed by atoms with Crippen LogP contribution in [0.2, 0.25) is 0 Å². The van der Waals surface area contributed by atoms with Crippen molar-refractivity contribution in [1.82, 2.24) is 14.7 Å². The molecule has 0 amide bonds. The van der Waals surface area contributed by atoms with Crippen molar-refractivity contribution in [3.05, 3.63) is 17.0 Å². The molecule has 118 valence electrons. The van der Waals surface area contributed by atoms with Crippen molar-refractivity contribution in [1.29, 1.82) is 0 Å². The molecule has 0 spiro atoms. The Morgan fingerprint density at radius 2 is 2.24 bits per heavy atom. The van der Waals surface area contributed by atoms with Gasteiger partial charge in [0.1, 0.15) is 0 Å². The van der Waals surface area contributed by atoms with E-state index >= 15 is 0 Å². The second-order valence-electron chi connectivity index (χ2n) is 5.64. The summed E-state index contributed by atoms with van der Waals surface area (Å²) in [6.07, 6.45) is 0.220. The highest BCUT2D eigenvalue weighted by Crippen LogP contribution is 2.32. The van der Waals surface area contributed by atoms with Gasteiger partial charge in [-0.25, -0.2) is 0 Å². The third-order valence-electron chi connectivity index (χ3n) is 4.34. The lowest BCUT2D eigenvalue weighted by molar-refractivity contribution is -0.138. The van der Waals surface area contributed by atoms with Crippen molar-refractivity contribution < 1.29 is 9.90 Å². The van der Waals surface area contributed by atoms with Gasteiger partial charge in [0, 0.05) is 47.9 Å². The number of thioether (sulfide) groups is 1. The Morgan fingerprint density at radius 1 is 1.52 bits per heavy atom. The minimum absolute atomic E-state index is 0.111. The zero-order chi connectivity index (χ0) is 15.6. The first-order valence-electron chi connectivity index (χ1n) is 7.54. The number of hydrogen-bond donors (Lipinski definition) is 1. The Bertz CT molecular complexity index is 515. The van der Waals surface area contributed by atoms with Gasteiger partial charge in [0.2, 0.25) is 0 Å². The molecule has 1 aliphatic rings. The first-order chi connectivity index (χ1) is 9.95. The van der Waals surface area contributed by atoms with Crippen LogP contribution in [0.15, 0.2) is 0 Å². The summed E-state index contributed by atoms with van der Waals surface area (Å²) in [4.78, 5) is 13.5. The Kier molecular flexibility index (Phi) is 5.32. The summed E-state index contributed by atoms with van der Waals surface area (Å²) in [5, 5.41) is 13.7. The quantitative estimate of drug-likeness (QED) is 0.905. The molecule has 2 heterocycles. The standard InChI is InChI=1S/C15H25N3O2S/c1-5-18-12(4)15(10(2)16-18)11(3)17-6-7-21-9-13(17)8-14(19)20/h11,13H,5-9H2,1-4H3,(H,19,20). The number of aryl methyl sites for hydroxylation is 2. The first-order valence-corrected chi connectivity index (χ1v) is 8.70. The second kappa shape index (κ2) is 6.83. The van der Waals surface area contributed by atoms with E-state index in [1.807, 2.05) is 16.4 Å². The van der Waals surface area contributed by atoms with Crippen LogP contribution in [0.3, 0.4) is 0 Å². The molecule has 1 aliphatic heterocycles. The molecule has 2 rings (SSSR count). The SMILES string of the molecule is CCn1nc(C)c(C(C)N2CCSCC2CC(=O)O)c1C. The third kappa shape index (κ3) is 3.43. The lowest BCUT2D eigenvalue weighted by atomic mass is 10.0. The summed E-state index contributed by atoms with van der Waals surface area (Å²) in [6.45, 7) is 10.3. The van der Waals surface area contributed by atoms with Gasteiger partial charge in [0.05, 0.1) is 12.1 Å². The highest BCUT2D eigenvalue weighted by atomic mass is 32.2. The lowest BCUT2D eigenvalue weighted by Crippen LogP contribution is -2.45. The van der Waals surface area contributed by atoms with Gasteiger partial charge in [-0.1, -0.05) is 0 Å². The largest absolute Gasteiger partial charge is 0.481 e. The Labute approximate surface area is 130 Å². The molecule has 0 radical (unpaired) electrons. The van der Waals surface area contributed by atoms with Crippen LogP contribution in [0, 0.1) is 13.8 Å². The van der Waals surface area contributed by atoms with Crippen LogP contribution in [0.5, 0.6) is 0 Å². The Hall–Kier alpha value is -1.01. The maximum absolute atomic E-state index is 11.1. The second-order valence-corrected chi connectivity index (χ2v) is 6.79. The van der Waals surface area contributed by atoms with E-state index in [9.17, 15) is 4.79 Å². The molecule has 0 saturated carbocycles. The molecule has 21 heavy (non-hydrogen) atoms. The van der Waals surface area contributed by atoms with Crippen molar-refractivity contribution in [2.24, 2.45) is 0 Å². The minimum atomic E-state index is -0.711. The molecular formula is C15H25N3O2S. The van der Waals surface area contributed by atoms with Crippen LogP contribution < -0.4 is 0 Å². The highest BCUT2D eigenvalue weighted by Gasteiger charge is 2.31. The maximum atomic E-state index is 11.1. The summed E-state index contributed by atoms with van der Waals surface area (Å²) in [7, 11) is 0. The summed E-state index contributed by atoms with van der Waals surface area (Å²) >= 11 is 1.85. The predicted octanol–water partition coefficient (Wildman–Crippen LogP) is 2.47. The zero-order valence-electron chi connectivity index (χ0n) is 13.3. The number of carbonyl (C=O) groups is 1. The molecule has 0 bridgehead atoms. The van der Waals surface area contributed by atoms with Crippen molar-refractivity contribution in [3.8, 4) is 0 Å². The summed E-state index contributed by atoms with van der Waals surface area (Å²) in [6, 6.07) is 0.329. The molecule has 2 unspecified atom stereocenters. The van der Waals surface area contributed by atoms with Gasteiger partial charge in [-0.05, 0) is 27.7 Å². The molecule has 1 aromatic heterocycles. The van der Waals surface area contributed by atoms with Gasteiger partial charge in [-0.15, -0.1) is 0 Å². The van der Waals surface area contributed by atoms with E-state index in [0.29, 0.717) is 0 Å². The molecule has 6 heteroatoms. The van der Waals surface area contributed by atoms with Gasteiger partial charge in [0.15, 0.2) is 0 Å². The van der Waals surface area contributed by atoms with Crippen molar-refractivity contribution in [2.45, 2.75) is 52.7 Å². The van der Waals surface area contributed by atoms with E-state index in [2.05, 4.69) is 37.7 Å². The van der Waals surface area contributed by atoms with Gasteiger partial charge >= 0.3 is 5.97 Å². The molecule has 1 aromatic rings. The molecule has 0 aliphatic carbocycles. The third-order valence-corrected chi connectivity index (χ3v) is 5.43. The number of carboxylic acids is 1. The van der Waals surface area contributed by atoms with Gasteiger partial charge in [-0.2, -0.15) is 16.9 Å². The maximum Gasteiger partial charge on any atom is 0.304 e. The van der Waals surface area contributed by atoms with E-state index in [1.54, 1.807) is 0 Å². The van der Waals surface area contributed by atoms with Crippen LogP contribution in [0.4, 0.5) is 0 Å². The molecule has 0 aromatic carbocycles. The van der Waals surface area contributed by atoms with Crippen LogP contribution >= 0.6 is 11.8 Å². The van der Waals surface area contributed by atoms with Gasteiger partial charge in [0.25, 0.3) is 0 Å². The lowest BCUT2D eigenvalue weighted by Gasteiger charge is -2.39. The summed E-state index contributed by atoms with van der Waals surface area (Å²) in [5.41, 5.74) is 3.53. The Balaban J connectivity index is 2.26. The van der Waals surface area contributed by atoms with Crippen LogP contribution in [0.1, 0.15) is 43.3 Å². The monoisotopic (exact) mass is 311 g/mol. The van der Waals surface area contributed by atoms with Crippen LogP contribution in [-0.4, -0.2) is 49.8 Å². The molecule has 1 fully saturated rings. The van der Waals surface area contributed by atoms with Crippen molar-refractivity contribution in [3.63, 3.8) is 0 Å². The Morgan fingerprint density at radius 3 is 2.81 bits per heavy atom. The zero-order valence-corrected chi connectivity index (χ0v) is 14.1. The van der Waals surface area contributed by atoms with E-state index in [0.717, 1.165) is 30.3 Å². The normalized spacial score (nSPS) is 21.4. The summed E-state index contributed by atoms with van der Waals surface area (Å²) < 4.78 is 2.03. The summed E-state index contributed by atoms with van der Waals surface area (Å²) in [5.74, 6) is 1.26. The smallest absolute Gasteiger partial charge is 0.304 e. The molecule has 1 saturated heterocycles. The number of aliphatic carboxylic acids is 1. The predicted molar refractivity (Wildman–Crippen MR) is 85.9 cm³/mol. The number of aromatic nitrogens is 2. The number of carboxylic acid groups (broad SMARTS) is 1. The van der Waals surface area contributed by atoms with Crippen molar-refractivity contribution in [2.75, 3.05) is 18.1 Å². The van der Waals surface area contributed by atoms with E-state index in [-0.39, 0.29) is 18.5 Å². The minimum Gasteiger partial charge on any atom is -0.481 e. The average Bonchev–Trinajstić information content (AvgIpc) is 2.72. The highest BCUT2D eigenvalue weighted by molar-refractivity contribution is 7.99. The molecule has 5 nitrogen and oxygen atoms in total. The molecule has 1 N–H and O–H groups in total. The van der Waals surface area contributed by atoms with Crippen molar-refractivity contribution >= 4 is 17.7 Å². The fraction of sp³-hybridized carbons (Fsp3) is 0.733.